The van der Waals surface area contributed by atoms with Gasteiger partial charge in [0, 0.05) is 5.38 Å². The van der Waals surface area contributed by atoms with Crippen molar-refractivity contribution in [1.82, 2.24) is 14.6 Å². The van der Waals surface area contributed by atoms with Gasteiger partial charge in [0.15, 0.2) is 23.5 Å². The number of hydrogen-bond acceptors (Lipinski definition) is 13. The smallest absolute Gasteiger partial charge is 0.363 e. The van der Waals surface area contributed by atoms with Crippen molar-refractivity contribution in [2.75, 3.05) is 26.1 Å². The Morgan fingerprint density at radius 1 is 1.39 bits per heavy atom. The molecule has 31 heavy (non-hydrogen) atoms. The average Bonchev–Trinajstić information content (AvgIpc) is 3.11. The van der Waals surface area contributed by atoms with Gasteiger partial charge in [0.1, 0.15) is 18.8 Å². The predicted octanol–water partition coefficient (Wildman–Crippen LogP) is -2.32. The summed E-state index contributed by atoms with van der Waals surface area (Å²) in [6.07, 6.45) is 0. The molecule has 2 heterocycles. The fraction of sp³-hybridized carbons (Fsp3) is 0.429. The summed E-state index contributed by atoms with van der Waals surface area (Å²) in [5.41, 5.74) is 5.07. The summed E-state index contributed by atoms with van der Waals surface area (Å²) in [6, 6.07) is -3.74. The third kappa shape index (κ3) is 5.44. The van der Waals surface area contributed by atoms with Crippen LogP contribution in [0.4, 0.5) is 5.13 Å². The molecule has 15 nitrogen and oxygen atoms in total. The number of nitrogens with two attached hydrogens (primary N) is 1. The number of nitrogen functional groups attached to an aromatic ring is 1. The van der Waals surface area contributed by atoms with Crippen LogP contribution in [0.3, 0.4) is 0 Å². The lowest BCUT2D eigenvalue weighted by atomic mass is 9.98. The quantitative estimate of drug-likeness (QED) is 0.112. The average molecular weight is 479 g/mol. The van der Waals surface area contributed by atoms with Crippen LogP contribution in [-0.4, -0.2) is 84.1 Å². The van der Waals surface area contributed by atoms with Crippen molar-refractivity contribution in [2.45, 2.75) is 19.0 Å². The molecule has 2 amide bonds. The van der Waals surface area contributed by atoms with E-state index in [4.69, 9.17) is 5.73 Å². The highest BCUT2D eigenvalue weighted by molar-refractivity contribution is 7.84. The molecule has 2 unspecified atom stereocenters. The zero-order valence-corrected chi connectivity index (χ0v) is 17.6. The van der Waals surface area contributed by atoms with Crippen LogP contribution < -0.4 is 11.1 Å². The number of ether oxygens (including phenoxy) is 2. The van der Waals surface area contributed by atoms with E-state index in [1.165, 1.54) is 12.3 Å². The van der Waals surface area contributed by atoms with Crippen LogP contribution in [0, 0.1) is 0 Å². The van der Waals surface area contributed by atoms with Crippen molar-refractivity contribution in [1.29, 1.82) is 0 Å². The lowest BCUT2D eigenvalue weighted by Gasteiger charge is -2.42. The van der Waals surface area contributed by atoms with Crippen LogP contribution >= 0.6 is 11.3 Å². The molecular weight excluding hydrogens is 462 g/mol. The number of oxime groups is 1. The Morgan fingerprint density at radius 2 is 2.06 bits per heavy atom. The summed E-state index contributed by atoms with van der Waals surface area (Å²) in [5, 5.41) is 7.05. The van der Waals surface area contributed by atoms with Gasteiger partial charge in [0.2, 0.25) is 0 Å². The van der Waals surface area contributed by atoms with E-state index in [9.17, 15) is 32.1 Å². The Morgan fingerprint density at radius 3 is 2.58 bits per heavy atom. The number of carbonyl (C=O) groups excluding carboxylic acids is 4. The second-order valence-electron chi connectivity index (χ2n) is 5.61. The third-order valence-electron chi connectivity index (χ3n) is 3.63. The molecule has 2 atom stereocenters. The number of rotatable bonds is 9. The number of thiazole rings is 1. The summed E-state index contributed by atoms with van der Waals surface area (Å²) in [6.45, 7) is 0.619. The largest absolute Gasteiger partial charge is 0.463 e. The highest BCUT2D eigenvalue weighted by Crippen LogP contribution is 2.25. The second kappa shape index (κ2) is 9.67. The van der Waals surface area contributed by atoms with Gasteiger partial charge in [-0.25, -0.2) is 14.6 Å². The zero-order valence-electron chi connectivity index (χ0n) is 16.0. The first-order valence-electron chi connectivity index (χ1n) is 8.27. The van der Waals surface area contributed by atoms with Gasteiger partial charge in [-0.05, 0) is 6.92 Å². The molecule has 1 aromatic heterocycles. The van der Waals surface area contributed by atoms with Gasteiger partial charge in [0.05, 0.1) is 6.61 Å². The first-order valence-corrected chi connectivity index (χ1v) is 10.5. The Balaban J connectivity index is 2.22. The Hall–Kier alpha value is -3.31. The van der Waals surface area contributed by atoms with E-state index in [1.54, 1.807) is 0 Å². The van der Waals surface area contributed by atoms with E-state index in [1.807, 2.05) is 0 Å². The molecule has 0 aliphatic carbocycles. The van der Waals surface area contributed by atoms with Crippen molar-refractivity contribution < 1.29 is 46.5 Å². The Bertz CT molecular complexity index is 1020. The van der Waals surface area contributed by atoms with Gasteiger partial charge in [-0.2, -0.15) is 12.7 Å². The van der Waals surface area contributed by atoms with Crippen molar-refractivity contribution in [2.24, 2.45) is 5.16 Å². The number of nitrogens with zero attached hydrogens (tertiary/aromatic N) is 3. The maximum Gasteiger partial charge on any atom is 0.363 e. The molecule has 0 bridgehead atoms. The Labute approximate surface area is 179 Å². The van der Waals surface area contributed by atoms with Gasteiger partial charge in [-0.1, -0.05) is 5.16 Å². The van der Waals surface area contributed by atoms with E-state index in [0.717, 1.165) is 18.4 Å². The van der Waals surface area contributed by atoms with E-state index >= 15 is 0 Å². The normalized spacial score (nSPS) is 18.7. The second-order valence-corrected chi connectivity index (χ2v) is 7.79. The molecule has 1 aliphatic rings. The molecule has 0 spiro atoms. The molecule has 1 aliphatic heterocycles. The highest BCUT2D eigenvalue weighted by Gasteiger charge is 2.59. The number of β-lactam (4-membered cyclic amide) rings is 1. The molecule has 0 radical (unpaired) electrons. The van der Waals surface area contributed by atoms with Crippen molar-refractivity contribution in [3.05, 3.63) is 11.1 Å². The summed E-state index contributed by atoms with van der Waals surface area (Å²) in [7, 11) is -4.04. The SMILES string of the molecule is CCOC(=O)COC(=O)C1C(NC(=O)C(=NOC)c2csc(N)n2)C(=O)N1S(=O)(=O)O. The Kier molecular flexibility index (Phi) is 7.47. The fourth-order valence-electron chi connectivity index (χ4n) is 2.41. The number of esters is 2. The monoisotopic (exact) mass is 479 g/mol. The number of hydrogen-bond donors (Lipinski definition) is 3. The molecule has 4 N–H and O–H groups in total. The maximum absolute atomic E-state index is 12.6. The van der Waals surface area contributed by atoms with Crippen LogP contribution in [0.25, 0.3) is 0 Å². The van der Waals surface area contributed by atoms with Crippen molar-refractivity contribution in [3.8, 4) is 0 Å². The highest BCUT2D eigenvalue weighted by atomic mass is 32.2. The van der Waals surface area contributed by atoms with E-state index in [2.05, 4.69) is 29.8 Å². The molecule has 1 saturated heterocycles. The number of anilines is 1. The molecule has 1 fully saturated rings. The standard InChI is InChI=1S/C14H17N5O10S2/c1-3-28-7(20)4-29-13(23)10-9(12(22)19(10)31(24,25)26)17-11(21)8(18-27-2)6-5-30-14(15)16-6/h5,9-10H,3-4H2,1-2H3,(H2,15,16)(H,17,21)(H,24,25,26). The molecule has 17 heteroatoms. The summed E-state index contributed by atoms with van der Waals surface area (Å²) < 4.78 is 41.1. The number of aromatic nitrogens is 1. The van der Waals surface area contributed by atoms with Crippen molar-refractivity contribution in [3.63, 3.8) is 0 Å². The third-order valence-corrected chi connectivity index (χ3v) is 5.21. The minimum Gasteiger partial charge on any atom is -0.463 e. The van der Waals surface area contributed by atoms with E-state index < -0.39 is 58.5 Å². The summed E-state index contributed by atoms with van der Waals surface area (Å²) in [4.78, 5) is 56.8. The van der Waals surface area contributed by atoms with Crippen LogP contribution in [0.5, 0.6) is 0 Å². The number of carbonyl (C=O) groups is 4. The summed E-state index contributed by atoms with van der Waals surface area (Å²) >= 11 is 0.982. The zero-order chi connectivity index (χ0) is 23.3. The van der Waals surface area contributed by atoms with E-state index in [-0.39, 0.29) is 21.7 Å². The molecule has 2 rings (SSSR count). The first-order chi connectivity index (χ1) is 14.5. The molecule has 0 saturated carbocycles. The van der Waals surface area contributed by atoms with Crippen LogP contribution in [-0.2, 0) is 43.8 Å². The van der Waals surface area contributed by atoms with Gasteiger partial charge >= 0.3 is 22.2 Å². The van der Waals surface area contributed by atoms with Crippen LogP contribution in [0.1, 0.15) is 12.6 Å². The molecule has 1 aromatic rings. The van der Waals surface area contributed by atoms with Crippen LogP contribution in [0.15, 0.2) is 10.5 Å². The predicted molar refractivity (Wildman–Crippen MR) is 102 cm³/mol. The number of nitrogens with one attached hydrogen (secondary N) is 1. The van der Waals surface area contributed by atoms with Gasteiger partial charge in [-0.15, -0.1) is 11.3 Å². The lowest BCUT2D eigenvalue weighted by molar-refractivity contribution is -0.169. The van der Waals surface area contributed by atoms with Gasteiger partial charge < -0.3 is 25.4 Å². The van der Waals surface area contributed by atoms with Gasteiger partial charge in [-0.3, -0.25) is 14.1 Å². The fourth-order valence-corrected chi connectivity index (χ4v) is 3.80. The minimum atomic E-state index is -5.17. The maximum atomic E-state index is 12.6. The first kappa shape index (κ1) is 24.0. The summed E-state index contributed by atoms with van der Waals surface area (Å²) in [5.74, 6) is -4.72. The molecular formula is C14H17N5O10S2. The minimum absolute atomic E-state index is 0.00311. The van der Waals surface area contributed by atoms with E-state index in [0.29, 0.717) is 0 Å². The molecule has 0 aromatic carbocycles. The van der Waals surface area contributed by atoms with Crippen LogP contribution in [0.2, 0.25) is 0 Å². The lowest BCUT2D eigenvalue weighted by Crippen LogP contribution is -2.75. The topological polar surface area (TPSA) is 217 Å². The van der Waals surface area contributed by atoms with Crippen molar-refractivity contribution >= 4 is 56.2 Å². The van der Waals surface area contributed by atoms with Gasteiger partial charge in [0.25, 0.3) is 11.8 Å². The number of amides is 2. The molecule has 170 valence electrons.